The second-order valence-corrected chi connectivity index (χ2v) is 11.5. The maximum Gasteiger partial charge on any atom is 0.244 e. The molecule has 2 amide bonds. The molecule has 2 aromatic carbocycles. The summed E-state index contributed by atoms with van der Waals surface area (Å²) in [5, 5.41) is 3.41. The number of hydrogen-bond acceptors (Lipinski definition) is 4. The van der Waals surface area contributed by atoms with Gasteiger partial charge in [0.05, 0.1) is 11.9 Å². The summed E-state index contributed by atoms with van der Waals surface area (Å²) in [4.78, 5) is 27.8. The average molecular weight is 522 g/mol. The van der Waals surface area contributed by atoms with Crippen LogP contribution in [0.3, 0.4) is 0 Å². The van der Waals surface area contributed by atoms with E-state index in [1.54, 1.807) is 37.3 Å². The van der Waals surface area contributed by atoms with Gasteiger partial charge < -0.3 is 10.2 Å². The van der Waals surface area contributed by atoms with Crippen molar-refractivity contribution in [2.24, 2.45) is 0 Å². The van der Waals surface area contributed by atoms with E-state index in [1.165, 1.54) is 4.90 Å². The molecule has 0 fully saturated rings. The molecule has 0 heterocycles. The lowest BCUT2D eigenvalue weighted by Gasteiger charge is -2.32. The van der Waals surface area contributed by atoms with Gasteiger partial charge in [0.2, 0.25) is 21.8 Å². The third-order valence-corrected chi connectivity index (χ3v) is 7.31. The van der Waals surface area contributed by atoms with Crippen LogP contribution in [-0.4, -0.2) is 50.0 Å². The number of halogens is 1. The minimum atomic E-state index is -3.76. The fraction of sp³-hybridized carbons (Fsp3) is 0.462. The average Bonchev–Trinajstić information content (AvgIpc) is 2.79. The molecule has 2 atom stereocenters. The van der Waals surface area contributed by atoms with Crippen LogP contribution in [-0.2, 0) is 26.2 Å². The van der Waals surface area contributed by atoms with Crippen molar-refractivity contribution in [1.29, 1.82) is 0 Å². The van der Waals surface area contributed by atoms with Gasteiger partial charge in [-0.25, -0.2) is 8.42 Å². The first-order valence-electron chi connectivity index (χ1n) is 11.7. The van der Waals surface area contributed by atoms with Crippen molar-refractivity contribution in [2.45, 2.75) is 65.6 Å². The van der Waals surface area contributed by atoms with Gasteiger partial charge in [-0.3, -0.25) is 13.9 Å². The summed E-state index contributed by atoms with van der Waals surface area (Å²) in [6, 6.07) is 13.3. The van der Waals surface area contributed by atoms with Gasteiger partial charge in [0, 0.05) is 17.6 Å². The molecule has 0 saturated heterocycles. The van der Waals surface area contributed by atoms with Gasteiger partial charge in [0.1, 0.15) is 12.6 Å². The third kappa shape index (κ3) is 8.25. The number of amides is 2. The zero-order valence-corrected chi connectivity index (χ0v) is 22.9. The summed E-state index contributed by atoms with van der Waals surface area (Å²) < 4.78 is 26.4. The zero-order chi connectivity index (χ0) is 26.3. The number of nitrogens with one attached hydrogen (secondary N) is 1. The van der Waals surface area contributed by atoms with E-state index in [0.29, 0.717) is 10.7 Å². The zero-order valence-electron chi connectivity index (χ0n) is 21.3. The van der Waals surface area contributed by atoms with Crippen LogP contribution in [0.2, 0.25) is 5.02 Å². The van der Waals surface area contributed by atoms with Crippen LogP contribution in [0.15, 0.2) is 48.5 Å². The first-order valence-corrected chi connectivity index (χ1v) is 14.0. The number of rotatable bonds is 11. The molecule has 0 unspecified atom stereocenters. The van der Waals surface area contributed by atoms with E-state index in [4.69, 9.17) is 11.6 Å². The van der Waals surface area contributed by atoms with E-state index in [-0.39, 0.29) is 24.4 Å². The number of hydrogen-bond donors (Lipinski definition) is 1. The Labute approximate surface area is 214 Å². The quantitative estimate of drug-likeness (QED) is 0.469. The lowest BCUT2D eigenvalue weighted by molar-refractivity contribution is -0.139. The summed E-state index contributed by atoms with van der Waals surface area (Å²) in [7, 11) is -3.76. The highest BCUT2D eigenvalue weighted by Gasteiger charge is 2.30. The van der Waals surface area contributed by atoms with Gasteiger partial charge >= 0.3 is 0 Å². The number of anilines is 1. The van der Waals surface area contributed by atoms with Crippen molar-refractivity contribution >= 4 is 39.1 Å². The van der Waals surface area contributed by atoms with E-state index in [9.17, 15) is 18.0 Å². The maximum atomic E-state index is 13.5. The Morgan fingerprint density at radius 2 is 1.66 bits per heavy atom. The number of nitrogens with zero attached hydrogens (tertiary/aromatic N) is 2. The van der Waals surface area contributed by atoms with Crippen LogP contribution >= 0.6 is 11.6 Å². The Bertz CT molecular complexity index is 1120. The predicted molar refractivity (Wildman–Crippen MR) is 142 cm³/mol. The Hall–Kier alpha value is -2.58. The molecule has 2 aromatic rings. The van der Waals surface area contributed by atoms with Gasteiger partial charge in [-0.05, 0) is 61.6 Å². The van der Waals surface area contributed by atoms with Crippen LogP contribution in [0.1, 0.15) is 58.1 Å². The Morgan fingerprint density at radius 3 is 2.17 bits per heavy atom. The molecular weight excluding hydrogens is 486 g/mol. The Balaban J connectivity index is 2.38. The van der Waals surface area contributed by atoms with Gasteiger partial charge in [-0.15, -0.1) is 0 Å². The van der Waals surface area contributed by atoms with Gasteiger partial charge in [-0.2, -0.15) is 0 Å². The molecule has 0 aliphatic heterocycles. The van der Waals surface area contributed by atoms with Gasteiger partial charge in [0.25, 0.3) is 0 Å². The van der Waals surface area contributed by atoms with E-state index in [2.05, 4.69) is 5.32 Å². The minimum absolute atomic E-state index is 0.0555. The maximum absolute atomic E-state index is 13.5. The molecule has 0 spiro atoms. The van der Waals surface area contributed by atoms with Crippen LogP contribution in [0, 0.1) is 0 Å². The van der Waals surface area contributed by atoms with Gasteiger partial charge in [-0.1, -0.05) is 56.6 Å². The second-order valence-electron chi connectivity index (χ2n) is 9.16. The molecule has 0 aromatic heterocycles. The van der Waals surface area contributed by atoms with Crippen molar-refractivity contribution < 1.29 is 18.0 Å². The van der Waals surface area contributed by atoms with E-state index in [1.807, 2.05) is 45.9 Å². The number of benzene rings is 2. The summed E-state index contributed by atoms with van der Waals surface area (Å²) in [6.07, 6.45) is 1.81. The van der Waals surface area contributed by atoms with Crippen molar-refractivity contribution in [3.05, 3.63) is 64.7 Å². The summed E-state index contributed by atoms with van der Waals surface area (Å²) in [5.74, 6) is -0.507. The summed E-state index contributed by atoms with van der Waals surface area (Å²) in [6.45, 7) is 9.26. The number of sulfonamides is 1. The highest BCUT2D eigenvalue weighted by Crippen LogP contribution is 2.23. The van der Waals surface area contributed by atoms with Crippen LogP contribution in [0.25, 0.3) is 0 Å². The fourth-order valence-corrected chi connectivity index (χ4v) is 4.58. The van der Waals surface area contributed by atoms with E-state index >= 15 is 0 Å². The molecule has 0 saturated carbocycles. The highest BCUT2D eigenvalue weighted by atomic mass is 35.5. The highest BCUT2D eigenvalue weighted by molar-refractivity contribution is 7.92. The number of carbonyl (C=O) groups excluding carboxylic acids is 2. The second kappa shape index (κ2) is 12.4. The molecule has 0 radical (unpaired) electrons. The molecule has 0 aliphatic carbocycles. The van der Waals surface area contributed by atoms with Crippen molar-refractivity contribution in [2.75, 3.05) is 17.1 Å². The van der Waals surface area contributed by atoms with Crippen LogP contribution in [0.4, 0.5) is 5.69 Å². The Morgan fingerprint density at radius 1 is 1.03 bits per heavy atom. The SMILES string of the molecule is CC[C@@H](C)NC(=O)[C@H](C)N(Cc1cccc(Cl)c1)C(=O)CN(c1ccc(C(C)C)cc1)S(C)(=O)=O. The molecule has 35 heavy (non-hydrogen) atoms. The van der Waals surface area contributed by atoms with Gasteiger partial charge in [0.15, 0.2) is 0 Å². The summed E-state index contributed by atoms with van der Waals surface area (Å²) in [5.41, 5.74) is 2.19. The minimum Gasteiger partial charge on any atom is -0.352 e. The predicted octanol–water partition coefficient (Wildman–Crippen LogP) is 4.56. The number of carbonyl (C=O) groups is 2. The Kier molecular flexibility index (Phi) is 10.2. The molecule has 0 aliphatic rings. The van der Waals surface area contributed by atoms with E-state index in [0.717, 1.165) is 28.1 Å². The molecule has 192 valence electrons. The molecule has 1 N–H and O–H groups in total. The summed E-state index contributed by atoms with van der Waals surface area (Å²) >= 11 is 6.13. The smallest absolute Gasteiger partial charge is 0.244 e. The normalized spacial score (nSPS) is 13.3. The molecule has 2 rings (SSSR count). The first-order chi connectivity index (χ1) is 16.3. The first kappa shape index (κ1) is 28.7. The van der Waals surface area contributed by atoms with Crippen molar-refractivity contribution in [3.63, 3.8) is 0 Å². The molecule has 7 nitrogen and oxygen atoms in total. The lowest BCUT2D eigenvalue weighted by Crippen LogP contribution is -2.52. The third-order valence-electron chi connectivity index (χ3n) is 5.94. The van der Waals surface area contributed by atoms with Crippen LogP contribution < -0.4 is 9.62 Å². The monoisotopic (exact) mass is 521 g/mol. The van der Waals surface area contributed by atoms with Crippen molar-refractivity contribution in [1.82, 2.24) is 10.2 Å². The largest absolute Gasteiger partial charge is 0.352 e. The molecule has 0 bridgehead atoms. The van der Waals surface area contributed by atoms with Crippen molar-refractivity contribution in [3.8, 4) is 0 Å². The molecule has 9 heteroatoms. The molecular formula is C26H36ClN3O4S. The lowest BCUT2D eigenvalue weighted by atomic mass is 10.0. The fourth-order valence-electron chi connectivity index (χ4n) is 3.52. The van der Waals surface area contributed by atoms with Crippen LogP contribution in [0.5, 0.6) is 0 Å². The van der Waals surface area contributed by atoms with E-state index < -0.39 is 28.5 Å². The topological polar surface area (TPSA) is 86.8 Å². The standard InChI is InChI=1S/C26H36ClN3O4S/c1-7-19(4)28-26(32)20(5)29(16-21-9-8-10-23(27)15-21)25(31)17-30(35(6,33)34)24-13-11-22(12-14-24)18(2)3/h8-15,18-20H,7,16-17H2,1-6H3,(H,28,32)/t19-,20+/m1/s1.